The molecule has 1 aliphatic rings. The van der Waals surface area contributed by atoms with Crippen molar-refractivity contribution in [3.8, 4) is 0 Å². The highest BCUT2D eigenvalue weighted by Gasteiger charge is 2.30. The largest absolute Gasteiger partial charge is 0.469 e. The van der Waals surface area contributed by atoms with Crippen molar-refractivity contribution in [2.75, 3.05) is 7.11 Å². The van der Waals surface area contributed by atoms with E-state index < -0.39 is 0 Å². The molecule has 162 valence electrons. The van der Waals surface area contributed by atoms with Gasteiger partial charge in [0, 0.05) is 17.2 Å². The van der Waals surface area contributed by atoms with E-state index in [2.05, 4.69) is 38.5 Å². The first-order valence-electron chi connectivity index (χ1n) is 10.7. The van der Waals surface area contributed by atoms with Gasteiger partial charge in [-0.15, -0.1) is 11.6 Å². The summed E-state index contributed by atoms with van der Waals surface area (Å²) in [5.41, 5.74) is -0.214. The van der Waals surface area contributed by atoms with Gasteiger partial charge >= 0.3 is 5.97 Å². The minimum absolute atomic E-state index is 0.121. The van der Waals surface area contributed by atoms with Crippen LogP contribution in [-0.4, -0.2) is 24.2 Å². The Kier molecular flexibility index (Phi) is 14.3. The molecule has 3 atom stereocenters. The molecule has 0 radical (unpaired) electrons. The predicted octanol–water partition coefficient (Wildman–Crippen LogP) is 6.89. The molecule has 1 saturated carbocycles. The van der Waals surface area contributed by atoms with E-state index in [-0.39, 0.29) is 22.5 Å². The predicted molar refractivity (Wildman–Crippen MR) is 120 cm³/mol. The minimum atomic E-state index is -0.214. The van der Waals surface area contributed by atoms with Crippen LogP contribution in [0.4, 0.5) is 0 Å². The fourth-order valence-corrected chi connectivity index (χ4v) is 3.54. The molecule has 0 aromatic rings. The van der Waals surface area contributed by atoms with Crippen LogP contribution in [0.15, 0.2) is 24.3 Å². The van der Waals surface area contributed by atoms with Gasteiger partial charge in [0.25, 0.3) is 0 Å². The van der Waals surface area contributed by atoms with E-state index in [0.717, 1.165) is 44.9 Å². The van der Waals surface area contributed by atoms with Gasteiger partial charge in [0.05, 0.1) is 7.11 Å². The Morgan fingerprint density at radius 1 is 1.21 bits per heavy atom. The summed E-state index contributed by atoms with van der Waals surface area (Å²) in [6, 6.07) is 0. The zero-order chi connectivity index (χ0) is 21.6. The molecule has 1 fully saturated rings. The van der Waals surface area contributed by atoms with Crippen LogP contribution in [0.25, 0.3) is 0 Å². The molecule has 0 aliphatic heterocycles. The van der Waals surface area contributed by atoms with Gasteiger partial charge in [-0.3, -0.25) is 9.59 Å². The van der Waals surface area contributed by atoms with E-state index in [0.29, 0.717) is 18.3 Å². The van der Waals surface area contributed by atoms with Gasteiger partial charge in [-0.05, 0) is 56.9 Å². The Bertz CT molecular complexity index is 508. The normalized spacial score (nSPS) is 22.3. The van der Waals surface area contributed by atoms with Crippen molar-refractivity contribution in [3.05, 3.63) is 24.3 Å². The molecule has 3 nitrogen and oxygen atoms in total. The molecule has 0 N–H and O–H groups in total. The first-order valence-corrected chi connectivity index (χ1v) is 11.2. The van der Waals surface area contributed by atoms with E-state index in [1.807, 2.05) is 25.2 Å². The van der Waals surface area contributed by atoms with Crippen molar-refractivity contribution in [1.82, 2.24) is 0 Å². The maximum absolute atomic E-state index is 12.2. The molecule has 0 saturated heterocycles. The lowest BCUT2D eigenvalue weighted by atomic mass is 9.82. The number of esters is 1. The third-order valence-corrected chi connectivity index (χ3v) is 6.17. The second-order valence-corrected chi connectivity index (χ2v) is 8.93. The van der Waals surface area contributed by atoms with Crippen molar-refractivity contribution in [2.45, 2.75) is 91.4 Å². The summed E-state index contributed by atoms with van der Waals surface area (Å²) in [7, 11) is 1.41. The summed E-state index contributed by atoms with van der Waals surface area (Å²) in [4.78, 5) is 22.7. The summed E-state index contributed by atoms with van der Waals surface area (Å²) in [6.07, 6.45) is 15.8. The van der Waals surface area contributed by atoms with Crippen molar-refractivity contribution in [2.24, 2.45) is 17.3 Å². The summed E-state index contributed by atoms with van der Waals surface area (Å²) in [6.45, 7) is 10.4. The SMILES string of the molecule is CC=CCCCC(=O)OC.CCCCC(C)(C)C(=O)/C=C/[C@H]1CCC(Cl)C1C. The molecule has 2 unspecified atom stereocenters. The number of methoxy groups -OCH3 is 1. The molecule has 4 heteroatoms. The number of hydrogen-bond acceptors (Lipinski definition) is 3. The van der Waals surface area contributed by atoms with Gasteiger partial charge in [-0.25, -0.2) is 0 Å². The average Bonchev–Trinajstić information content (AvgIpc) is 3.00. The monoisotopic (exact) mass is 412 g/mol. The first-order chi connectivity index (χ1) is 13.2. The second-order valence-electron chi connectivity index (χ2n) is 8.36. The molecule has 0 heterocycles. The standard InChI is InChI=1S/C16H27ClO.C8H14O2/c1-5-6-11-16(3,4)15(18)10-8-13-7-9-14(17)12(13)2;1-3-4-5-6-7-8(9)10-2/h8,10,12-14H,5-7,9,11H2,1-4H3;3-4H,5-7H2,1-2H3/b10-8+;/t12?,13-,14?;/m1./s1. The number of unbranched alkanes of at least 4 members (excludes halogenated alkanes) is 2. The molecular formula is C24H41ClO3. The van der Waals surface area contributed by atoms with E-state index in [1.165, 1.54) is 7.11 Å². The van der Waals surface area contributed by atoms with Gasteiger partial charge in [0.2, 0.25) is 0 Å². The molecule has 1 rings (SSSR count). The van der Waals surface area contributed by atoms with Gasteiger partial charge < -0.3 is 4.74 Å². The molecule has 28 heavy (non-hydrogen) atoms. The molecule has 0 spiro atoms. The molecular weight excluding hydrogens is 372 g/mol. The maximum Gasteiger partial charge on any atom is 0.305 e. The molecule has 0 bridgehead atoms. The van der Waals surface area contributed by atoms with Crippen molar-refractivity contribution >= 4 is 23.4 Å². The second kappa shape index (κ2) is 14.8. The van der Waals surface area contributed by atoms with Crippen LogP contribution in [0, 0.1) is 17.3 Å². The summed E-state index contributed by atoms with van der Waals surface area (Å²) < 4.78 is 4.47. The lowest BCUT2D eigenvalue weighted by Gasteiger charge is -2.21. The smallest absolute Gasteiger partial charge is 0.305 e. The Labute approximate surface area is 177 Å². The number of rotatable bonds is 10. The number of allylic oxidation sites excluding steroid dienone is 4. The molecule has 0 amide bonds. The summed E-state index contributed by atoms with van der Waals surface area (Å²) in [5, 5.41) is 0.280. The van der Waals surface area contributed by atoms with Gasteiger partial charge in [0.15, 0.2) is 5.78 Å². The number of alkyl halides is 1. The lowest BCUT2D eigenvalue weighted by molar-refractivity contribution is -0.140. The number of halogens is 1. The minimum Gasteiger partial charge on any atom is -0.469 e. The topological polar surface area (TPSA) is 43.4 Å². The molecule has 1 aliphatic carbocycles. The fourth-order valence-electron chi connectivity index (χ4n) is 3.23. The fraction of sp³-hybridized carbons (Fsp3) is 0.750. The zero-order valence-corrected chi connectivity index (χ0v) is 19.6. The van der Waals surface area contributed by atoms with Crippen molar-refractivity contribution in [1.29, 1.82) is 0 Å². The summed E-state index contributed by atoms with van der Waals surface area (Å²) >= 11 is 6.21. The number of hydrogen-bond donors (Lipinski definition) is 0. The molecule has 0 aromatic carbocycles. The van der Waals surface area contributed by atoms with Gasteiger partial charge in [-0.2, -0.15) is 0 Å². The van der Waals surface area contributed by atoms with E-state index in [9.17, 15) is 9.59 Å². The highest BCUT2D eigenvalue weighted by molar-refractivity contribution is 6.21. The third-order valence-electron chi connectivity index (χ3n) is 5.55. The van der Waals surface area contributed by atoms with Crippen molar-refractivity contribution in [3.63, 3.8) is 0 Å². The van der Waals surface area contributed by atoms with E-state index >= 15 is 0 Å². The maximum atomic E-state index is 12.2. The van der Waals surface area contributed by atoms with E-state index in [1.54, 1.807) is 0 Å². The van der Waals surface area contributed by atoms with Crippen molar-refractivity contribution < 1.29 is 14.3 Å². The highest BCUT2D eigenvalue weighted by Crippen LogP contribution is 2.36. The van der Waals surface area contributed by atoms with Crippen LogP contribution in [0.2, 0.25) is 0 Å². The van der Waals surface area contributed by atoms with E-state index in [4.69, 9.17) is 11.6 Å². The zero-order valence-electron chi connectivity index (χ0n) is 18.8. The summed E-state index contributed by atoms with van der Waals surface area (Å²) in [5.74, 6) is 1.12. The third kappa shape index (κ3) is 11.0. The average molecular weight is 413 g/mol. The molecule has 0 aromatic heterocycles. The Balaban J connectivity index is 0.000000621. The Morgan fingerprint density at radius 3 is 2.39 bits per heavy atom. The van der Waals surface area contributed by atoms with Gasteiger partial charge in [-0.1, -0.05) is 58.8 Å². The number of ether oxygens (including phenoxy) is 1. The Morgan fingerprint density at radius 2 is 1.89 bits per heavy atom. The van der Waals surface area contributed by atoms with Crippen LogP contribution < -0.4 is 0 Å². The highest BCUT2D eigenvalue weighted by atomic mass is 35.5. The van der Waals surface area contributed by atoms with Crippen LogP contribution in [0.3, 0.4) is 0 Å². The number of ketones is 1. The van der Waals surface area contributed by atoms with Crippen LogP contribution in [-0.2, 0) is 14.3 Å². The number of carbonyl (C=O) groups is 2. The Hall–Kier alpha value is -1.09. The van der Waals surface area contributed by atoms with Crippen LogP contribution in [0.5, 0.6) is 0 Å². The van der Waals surface area contributed by atoms with Gasteiger partial charge in [0.1, 0.15) is 0 Å². The quantitative estimate of drug-likeness (QED) is 0.129. The van der Waals surface area contributed by atoms with Crippen LogP contribution >= 0.6 is 11.6 Å². The first kappa shape index (κ1) is 26.9. The lowest BCUT2D eigenvalue weighted by Crippen LogP contribution is -2.22. The van der Waals surface area contributed by atoms with Crippen LogP contribution in [0.1, 0.15) is 86.0 Å². The number of carbonyl (C=O) groups excluding carboxylic acids is 2.